The zero-order chi connectivity index (χ0) is 13.7. The fraction of sp³-hybridized carbons (Fsp3) is 0.455. The smallest absolute Gasteiger partial charge is 0.310 e. The first kappa shape index (κ1) is 14.6. The van der Waals surface area contributed by atoms with Crippen LogP contribution in [-0.2, 0) is 21.8 Å². The third kappa shape index (κ3) is 3.29. The fourth-order valence-corrected chi connectivity index (χ4v) is 1.58. The zero-order valence-corrected chi connectivity index (χ0v) is 10.6. The standard InChI is InChI=1S/C11H12ClF2NO3/c1-17-9(16)4-8-7(10(13)14)3-6(5-12)15-11(8)18-2/h3,10H,4-5H2,1-2H3. The molecule has 0 bridgehead atoms. The van der Waals surface area contributed by atoms with Gasteiger partial charge in [-0.05, 0) is 6.07 Å². The van der Waals surface area contributed by atoms with Gasteiger partial charge in [-0.2, -0.15) is 0 Å². The van der Waals surface area contributed by atoms with Gasteiger partial charge in [0.25, 0.3) is 6.43 Å². The van der Waals surface area contributed by atoms with Gasteiger partial charge in [0.2, 0.25) is 5.88 Å². The Morgan fingerprint density at radius 2 is 2.17 bits per heavy atom. The van der Waals surface area contributed by atoms with E-state index in [1.54, 1.807) is 0 Å². The molecular formula is C11H12ClF2NO3. The van der Waals surface area contributed by atoms with Gasteiger partial charge in [0.05, 0.1) is 32.2 Å². The molecule has 1 aromatic rings. The van der Waals surface area contributed by atoms with Crippen molar-refractivity contribution in [1.29, 1.82) is 0 Å². The second-order valence-corrected chi connectivity index (χ2v) is 3.65. The molecule has 0 saturated heterocycles. The summed E-state index contributed by atoms with van der Waals surface area (Å²) in [6.07, 6.45) is -3.07. The molecular weight excluding hydrogens is 268 g/mol. The van der Waals surface area contributed by atoms with Gasteiger partial charge in [-0.15, -0.1) is 11.6 Å². The molecule has 0 aromatic carbocycles. The number of rotatable bonds is 5. The van der Waals surface area contributed by atoms with Crippen molar-refractivity contribution in [2.75, 3.05) is 14.2 Å². The topological polar surface area (TPSA) is 48.4 Å². The minimum Gasteiger partial charge on any atom is -0.481 e. The molecule has 1 rings (SSSR count). The number of alkyl halides is 3. The Bertz CT molecular complexity index is 441. The van der Waals surface area contributed by atoms with Crippen molar-refractivity contribution >= 4 is 17.6 Å². The van der Waals surface area contributed by atoms with E-state index in [2.05, 4.69) is 9.72 Å². The summed E-state index contributed by atoms with van der Waals surface area (Å²) < 4.78 is 35.2. The number of pyridine rings is 1. The van der Waals surface area contributed by atoms with Crippen LogP contribution in [0.4, 0.5) is 8.78 Å². The van der Waals surface area contributed by atoms with Crippen molar-refractivity contribution in [3.8, 4) is 5.88 Å². The lowest BCUT2D eigenvalue weighted by atomic mass is 10.1. The molecule has 0 radical (unpaired) electrons. The molecule has 1 aromatic heterocycles. The third-order valence-corrected chi connectivity index (χ3v) is 2.56. The van der Waals surface area contributed by atoms with Gasteiger partial charge in [0.1, 0.15) is 0 Å². The van der Waals surface area contributed by atoms with E-state index in [1.165, 1.54) is 20.3 Å². The van der Waals surface area contributed by atoms with E-state index < -0.39 is 12.4 Å². The highest BCUT2D eigenvalue weighted by Crippen LogP contribution is 2.30. The van der Waals surface area contributed by atoms with E-state index in [4.69, 9.17) is 16.3 Å². The van der Waals surface area contributed by atoms with Crippen molar-refractivity contribution in [3.63, 3.8) is 0 Å². The van der Waals surface area contributed by atoms with E-state index in [1.807, 2.05) is 0 Å². The molecule has 18 heavy (non-hydrogen) atoms. The van der Waals surface area contributed by atoms with Crippen molar-refractivity contribution in [1.82, 2.24) is 4.98 Å². The number of carbonyl (C=O) groups is 1. The van der Waals surface area contributed by atoms with Crippen LogP contribution in [0.3, 0.4) is 0 Å². The Kier molecular flexibility index (Phi) is 5.27. The van der Waals surface area contributed by atoms with Crippen LogP contribution in [0.1, 0.15) is 23.2 Å². The average Bonchev–Trinajstić information content (AvgIpc) is 2.38. The van der Waals surface area contributed by atoms with Crippen molar-refractivity contribution < 1.29 is 23.0 Å². The highest BCUT2D eigenvalue weighted by Gasteiger charge is 2.22. The summed E-state index contributed by atoms with van der Waals surface area (Å²) >= 11 is 5.56. The highest BCUT2D eigenvalue weighted by molar-refractivity contribution is 6.16. The Morgan fingerprint density at radius 3 is 2.61 bits per heavy atom. The van der Waals surface area contributed by atoms with E-state index in [9.17, 15) is 13.6 Å². The van der Waals surface area contributed by atoms with Gasteiger partial charge in [-0.1, -0.05) is 0 Å². The number of carbonyl (C=O) groups excluding carboxylic acids is 1. The number of nitrogens with zero attached hydrogens (tertiary/aromatic N) is 1. The predicted molar refractivity (Wildman–Crippen MR) is 61.0 cm³/mol. The molecule has 7 heteroatoms. The van der Waals surface area contributed by atoms with Gasteiger partial charge >= 0.3 is 5.97 Å². The Labute approximate surface area is 108 Å². The van der Waals surface area contributed by atoms with E-state index in [0.29, 0.717) is 0 Å². The van der Waals surface area contributed by atoms with Crippen LogP contribution in [0.15, 0.2) is 6.07 Å². The number of hydrogen-bond donors (Lipinski definition) is 0. The van der Waals surface area contributed by atoms with Gasteiger partial charge in [0.15, 0.2) is 0 Å². The summed E-state index contributed by atoms with van der Waals surface area (Å²) in [4.78, 5) is 15.1. The van der Waals surface area contributed by atoms with Crippen LogP contribution >= 0.6 is 11.6 Å². The molecule has 100 valence electrons. The molecule has 0 N–H and O–H groups in total. The maximum absolute atomic E-state index is 12.9. The summed E-state index contributed by atoms with van der Waals surface area (Å²) in [5.41, 5.74) is -0.0338. The lowest BCUT2D eigenvalue weighted by Crippen LogP contribution is -2.11. The van der Waals surface area contributed by atoms with Gasteiger partial charge < -0.3 is 9.47 Å². The van der Waals surface area contributed by atoms with Crippen LogP contribution in [0.5, 0.6) is 5.88 Å². The van der Waals surface area contributed by atoms with E-state index in [-0.39, 0.29) is 35.0 Å². The van der Waals surface area contributed by atoms with Gasteiger partial charge in [0, 0.05) is 11.1 Å². The normalized spacial score (nSPS) is 10.6. The molecule has 4 nitrogen and oxygen atoms in total. The van der Waals surface area contributed by atoms with E-state index >= 15 is 0 Å². The summed E-state index contributed by atoms with van der Waals surface area (Å²) in [5.74, 6) is -0.696. The molecule has 0 aliphatic rings. The summed E-state index contributed by atoms with van der Waals surface area (Å²) in [6, 6.07) is 1.17. The minimum atomic E-state index is -2.75. The third-order valence-electron chi connectivity index (χ3n) is 2.29. The highest BCUT2D eigenvalue weighted by atomic mass is 35.5. The molecule has 0 amide bonds. The predicted octanol–water partition coefficient (Wildman–Crippen LogP) is 2.48. The monoisotopic (exact) mass is 279 g/mol. The molecule has 0 atom stereocenters. The Hall–Kier alpha value is -1.43. The number of hydrogen-bond acceptors (Lipinski definition) is 4. The van der Waals surface area contributed by atoms with Crippen LogP contribution in [0, 0.1) is 0 Å². The average molecular weight is 280 g/mol. The largest absolute Gasteiger partial charge is 0.481 e. The summed E-state index contributed by atoms with van der Waals surface area (Å²) in [5, 5.41) is 0. The van der Waals surface area contributed by atoms with Crippen molar-refractivity contribution in [2.45, 2.75) is 18.7 Å². The Balaban J connectivity index is 3.30. The second kappa shape index (κ2) is 6.49. The lowest BCUT2D eigenvalue weighted by molar-refractivity contribution is -0.139. The van der Waals surface area contributed by atoms with Crippen molar-refractivity contribution in [3.05, 3.63) is 22.9 Å². The molecule has 0 aliphatic heterocycles. The second-order valence-electron chi connectivity index (χ2n) is 3.38. The van der Waals surface area contributed by atoms with Crippen LogP contribution in [0.2, 0.25) is 0 Å². The molecule has 0 fully saturated rings. The number of esters is 1. The zero-order valence-electron chi connectivity index (χ0n) is 9.87. The maximum Gasteiger partial charge on any atom is 0.310 e. The number of aromatic nitrogens is 1. The minimum absolute atomic E-state index is 0.0193. The summed E-state index contributed by atoms with van der Waals surface area (Å²) in [7, 11) is 2.47. The Morgan fingerprint density at radius 1 is 1.50 bits per heavy atom. The first-order valence-corrected chi connectivity index (χ1v) is 5.54. The first-order valence-electron chi connectivity index (χ1n) is 5.01. The molecule has 0 aliphatic carbocycles. The van der Waals surface area contributed by atoms with Crippen LogP contribution < -0.4 is 4.74 Å². The maximum atomic E-state index is 12.9. The van der Waals surface area contributed by atoms with Crippen LogP contribution in [0.25, 0.3) is 0 Å². The molecule has 1 heterocycles. The number of methoxy groups -OCH3 is 2. The van der Waals surface area contributed by atoms with Gasteiger partial charge in [-0.25, -0.2) is 13.8 Å². The molecule has 0 spiro atoms. The quantitative estimate of drug-likeness (QED) is 0.614. The van der Waals surface area contributed by atoms with Gasteiger partial charge in [-0.3, -0.25) is 4.79 Å². The molecule has 0 saturated carbocycles. The molecule has 0 unspecified atom stereocenters. The first-order chi connectivity index (χ1) is 8.53. The SMILES string of the molecule is COC(=O)Cc1c(C(F)F)cc(CCl)nc1OC. The lowest BCUT2D eigenvalue weighted by Gasteiger charge is -2.13. The summed E-state index contributed by atoms with van der Waals surface area (Å²) in [6.45, 7) is 0. The number of ether oxygens (including phenoxy) is 2. The van der Waals surface area contributed by atoms with Crippen LogP contribution in [-0.4, -0.2) is 25.2 Å². The van der Waals surface area contributed by atoms with Crippen molar-refractivity contribution in [2.24, 2.45) is 0 Å². The van der Waals surface area contributed by atoms with E-state index in [0.717, 1.165) is 0 Å². The fourth-order valence-electron chi connectivity index (χ4n) is 1.45. The number of halogens is 3.